The molecule has 1 rings (SSSR count). The van der Waals surface area contributed by atoms with Gasteiger partial charge < -0.3 is 16.2 Å². The van der Waals surface area contributed by atoms with Gasteiger partial charge in [-0.2, -0.15) is 5.10 Å². The maximum absolute atomic E-state index is 8.95. The molecule has 1 aromatic heterocycles. The predicted molar refractivity (Wildman–Crippen MR) is 66.5 cm³/mol. The summed E-state index contributed by atoms with van der Waals surface area (Å²) in [5.74, 6) is 0.875. The highest BCUT2D eigenvalue weighted by Crippen LogP contribution is 2.23. The molecule has 0 radical (unpaired) electrons. The minimum atomic E-state index is 0.185. The van der Waals surface area contributed by atoms with E-state index in [-0.39, 0.29) is 12.6 Å². The lowest BCUT2D eigenvalue weighted by Crippen LogP contribution is -2.22. The van der Waals surface area contributed by atoms with Crippen LogP contribution in [-0.4, -0.2) is 27.5 Å². The molecular formula is C11H22N4O. The Balaban J connectivity index is 2.85. The number of hydrogen-bond donors (Lipinski definition) is 3. The van der Waals surface area contributed by atoms with Gasteiger partial charge in [0.15, 0.2) is 0 Å². The minimum absolute atomic E-state index is 0.185. The molecule has 0 saturated carbocycles. The van der Waals surface area contributed by atoms with Gasteiger partial charge in [0.25, 0.3) is 0 Å². The third-order valence-corrected chi connectivity index (χ3v) is 2.78. The molecule has 0 bridgehead atoms. The first-order valence-corrected chi connectivity index (χ1v) is 5.84. The van der Waals surface area contributed by atoms with Crippen LogP contribution in [0.5, 0.6) is 0 Å². The highest BCUT2D eigenvalue weighted by Gasteiger charge is 2.14. The highest BCUT2D eigenvalue weighted by atomic mass is 16.3. The van der Waals surface area contributed by atoms with Crippen LogP contribution in [-0.2, 0) is 6.54 Å². The number of aliphatic hydroxyl groups is 1. The predicted octanol–water partition coefficient (Wildman–Crippen LogP) is 1.37. The Bertz CT molecular complexity index is 335. The molecule has 1 unspecified atom stereocenters. The zero-order valence-electron chi connectivity index (χ0n) is 10.3. The molecule has 4 N–H and O–H groups in total. The molecule has 0 amide bonds. The summed E-state index contributed by atoms with van der Waals surface area (Å²) in [7, 11) is 0. The van der Waals surface area contributed by atoms with E-state index in [4.69, 9.17) is 10.8 Å². The lowest BCUT2D eigenvalue weighted by molar-refractivity contribution is 0.278. The molecule has 0 saturated heterocycles. The van der Waals surface area contributed by atoms with Crippen LogP contribution >= 0.6 is 0 Å². The number of hydrogen-bond acceptors (Lipinski definition) is 4. The average Bonchev–Trinajstić information content (AvgIpc) is 2.55. The minimum Gasteiger partial charge on any atom is -0.396 e. The normalized spacial score (nSPS) is 12.8. The van der Waals surface area contributed by atoms with Gasteiger partial charge in [-0.25, -0.2) is 4.68 Å². The molecule has 5 heteroatoms. The van der Waals surface area contributed by atoms with Gasteiger partial charge in [0.05, 0.1) is 11.4 Å². The fraction of sp³-hybridized carbons (Fsp3) is 0.727. The number of anilines is 2. The molecule has 92 valence electrons. The van der Waals surface area contributed by atoms with Gasteiger partial charge in [-0.3, -0.25) is 0 Å². The lowest BCUT2D eigenvalue weighted by Gasteiger charge is -2.18. The van der Waals surface area contributed by atoms with E-state index in [0.717, 1.165) is 30.9 Å². The fourth-order valence-corrected chi connectivity index (χ4v) is 1.70. The van der Waals surface area contributed by atoms with E-state index in [1.807, 2.05) is 18.5 Å². The zero-order valence-corrected chi connectivity index (χ0v) is 10.3. The SMILES string of the molecule is CCC(CCO)Nc1c(N)c(C)nn1CC. The van der Waals surface area contributed by atoms with Crippen LogP contribution < -0.4 is 11.1 Å². The van der Waals surface area contributed by atoms with E-state index in [1.54, 1.807) is 0 Å². The number of aryl methyl sites for hydroxylation is 2. The monoisotopic (exact) mass is 226 g/mol. The van der Waals surface area contributed by atoms with Crippen LogP contribution in [0, 0.1) is 6.92 Å². The van der Waals surface area contributed by atoms with Crippen LogP contribution in [0.25, 0.3) is 0 Å². The van der Waals surface area contributed by atoms with Crippen molar-refractivity contribution in [3.8, 4) is 0 Å². The molecule has 1 atom stereocenters. The molecule has 0 aliphatic heterocycles. The standard InChI is InChI=1S/C11H22N4O/c1-4-9(6-7-16)13-11-10(12)8(3)14-15(11)5-2/h9,13,16H,4-7,12H2,1-3H3. The topological polar surface area (TPSA) is 76.1 Å². The van der Waals surface area contributed by atoms with Gasteiger partial charge in [0, 0.05) is 19.2 Å². The highest BCUT2D eigenvalue weighted by molar-refractivity contribution is 5.65. The number of nitrogens with zero attached hydrogens (tertiary/aromatic N) is 2. The Morgan fingerprint density at radius 3 is 2.69 bits per heavy atom. The molecule has 0 aliphatic rings. The van der Waals surface area contributed by atoms with Gasteiger partial charge in [0.2, 0.25) is 0 Å². The molecule has 1 heterocycles. The Labute approximate surface area is 96.6 Å². The van der Waals surface area contributed by atoms with Gasteiger partial charge >= 0.3 is 0 Å². The number of aliphatic hydroxyl groups excluding tert-OH is 1. The van der Waals surface area contributed by atoms with Gasteiger partial charge in [-0.1, -0.05) is 6.92 Å². The molecule has 0 spiro atoms. The molecule has 0 aliphatic carbocycles. The fourth-order valence-electron chi connectivity index (χ4n) is 1.70. The first kappa shape index (κ1) is 12.8. The van der Waals surface area contributed by atoms with Crippen LogP contribution in [0.3, 0.4) is 0 Å². The average molecular weight is 226 g/mol. The van der Waals surface area contributed by atoms with E-state index < -0.39 is 0 Å². The first-order chi connectivity index (χ1) is 7.63. The number of nitrogens with two attached hydrogens (primary N) is 1. The summed E-state index contributed by atoms with van der Waals surface area (Å²) in [4.78, 5) is 0. The quantitative estimate of drug-likeness (QED) is 0.684. The van der Waals surface area contributed by atoms with Crippen molar-refractivity contribution in [1.82, 2.24) is 9.78 Å². The third-order valence-electron chi connectivity index (χ3n) is 2.78. The van der Waals surface area contributed by atoms with E-state index in [1.165, 1.54) is 0 Å². The molecule has 5 nitrogen and oxygen atoms in total. The Morgan fingerprint density at radius 2 is 2.19 bits per heavy atom. The van der Waals surface area contributed by atoms with Gasteiger partial charge in [-0.05, 0) is 26.7 Å². The van der Waals surface area contributed by atoms with Crippen molar-refractivity contribution < 1.29 is 5.11 Å². The van der Waals surface area contributed by atoms with Crippen molar-refractivity contribution in [1.29, 1.82) is 0 Å². The number of nitrogen functional groups attached to an aromatic ring is 1. The van der Waals surface area contributed by atoms with Crippen molar-refractivity contribution in [2.45, 2.75) is 46.2 Å². The smallest absolute Gasteiger partial charge is 0.148 e. The Hall–Kier alpha value is -1.23. The molecular weight excluding hydrogens is 204 g/mol. The Morgan fingerprint density at radius 1 is 1.50 bits per heavy atom. The molecule has 0 fully saturated rings. The van der Waals surface area contributed by atoms with E-state index >= 15 is 0 Å². The third kappa shape index (κ3) is 2.66. The van der Waals surface area contributed by atoms with Crippen LogP contribution in [0.4, 0.5) is 11.5 Å². The summed E-state index contributed by atoms with van der Waals surface area (Å²) in [5.41, 5.74) is 7.53. The second kappa shape index (κ2) is 5.75. The van der Waals surface area contributed by atoms with Crippen molar-refractivity contribution in [3.63, 3.8) is 0 Å². The lowest BCUT2D eigenvalue weighted by atomic mass is 10.1. The second-order valence-electron chi connectivity index (χ2n) is 3.93. The summed E-state index contributed by atoms with van der Waals surface area (Å²) >= 11 is 0. The summed E-state index contributed by atoms with van der Waals surface area (Å²) < 4.78 is 1.87. The largest absolute Gasteiger partial charge is 0.396 e. The zero-order chi connectivity index (χ0) is 12.1. The second-order valence-corrected chi connectivity index (χ2v) is 3.93. The molecule has 16 heavy (non-hydrogen) atoms. The van der Waals surface area contributed by atoms with E-state index in [2.05, 4.69) is 17.3 Å². The summed E-state index contributed by atoms with van der Waals surface area (Å²) in [5, 5.41) is 16.6. The van der Waals surface area contributed by atoms with Crippen molar-refractivity contribution >= 4 is 11.5 Å². The van der Waals surface area contributed by atoms with Crippen molar-refractivity contribution in [2.75, 3.05) is 17.7 Å². The van der Waals surface area contributed by atoms with Gasteiger partial charge in [-0.15, -0.1) is 0 Å². The summed E-state index contributed by atoms with van der Waals surface area (Å²) in [6.45, 7) is 6.99. The number of aromatic nitrogens is 2. The first-order valence-electron chi connectivity index (χ1n) is 5.84. The number of rotatable bonds is 6. The van der Waals surface area contributed by atoms with Crippen LogP contribution in [0.15, 0.2) is 0 Å². The van der Waals surface area contributed by atoms with E-state index in [0.29, 0.717) is 5.69 Å². The maximum Gasteiger partial charge on any atom is 0.148 e. The van der Waals surface area contributed by atoms with Crippen molar-refractivity contribution in [3.05, 3.63) is 5.69 Å². The summed E-state index contributed by atoms with van der Waals surface area (Å²) in [6.07, 6.45) is 1.68. The van der Waals surface area contributed by atoms with Crippen LogP contribution in [0.1, 0.15) is 32.4 Å². The van der Waals surface area contributed by atoms with Crippen molar-refractivity contribution in [2.24, 2.45) is 0 Å². The maximum atomic E-state index is 8.95. The van der Waals surface area contributed by atoms with Gasteiger partial charge in [0.1, 0.15) is 5.82 Å². The summed E-state index contributed by atoms with van der Waals surface area (Å²) in [6, 6.07) is 0.244. The van der Waals surface area contributed by atoms with Crippen LogP contribution in [0.2, 0.25) is 0 Å². The molecule has 0 aromatic carbocycles. The molecule has 1 aromatic rings. The number of nitrogens with one attached hydrogen (secondary N) is 1. The Kier molecular flexibility index (Phi) is 4.61. The van der Waals surface area contributed by atoms with E-state index in [9.17, 15) is 0 Å².